The van der Waals surface area contributed by atoms with Crippen LogP contribution in [0.4, 0.5) is 0 Å². The highest BCUT2D eigenvalue weighted by molar-refractivity contribution is 5.82. The van der Waals surface area contributed by atoms with Gasteiger partial charge in [-0.2, -0.15) is 0 Å². The summed E-state index contributed by atoms with van der Waals surface area (Å²) in [4.78, 5) is 14.5. The zero-order valence-electron chi connectivity index (χ0n) is 12.3. The van der Waals surface area contributed by atoms with Crippen LogP contribution in [0, 0.1) is 11.3 Å². The Labute approximate surface area is 107 Å². The smallest absolute Gasteiger partial charge is 0.226 e. The van der Waals surface area contributed by atoms with Gasteiger partial charge in [-0.1, -0.05) is 53.9 Å². The Balaban J connectivity index is 2.71. The quantitative estimate of drug-likeness (QED) is 0.689. The molecule has 1 rings (SSSR count). The second-order valence-electron chi connectivity index (χ2n) is 6.26. The normalized spacial score (nSPS) is 25.4. The van der Waals surface area contributed by atoms with Crippen molar-refractivity contribution in [3.8, 4) is 0 Å². The molecule has 1 saturated heterocycles. The Hall–Kier alpha value is -0.530. The Morgan fingerprint density at radius 3 is 2.35 bits per heavy atom. The summed E-state index contributed by atoms with van der Waals surface area (Å²) >= 11 is 0. The molecule has 0 N–H and O–H groups in total. The predicted molar refractivity (Wildman–Crippen MR) is 72.9 cm³/mol. The Kier molecular flexibility index (Phi) is 5.03. The van der Waals surface area contributed by atoms with E-state index in [9.17, 15) is 4.79 Å². The van der Waals surface area contributed by atoms with Crippen molar-refractivity contribution < 1.29 is 4.79 Å². The van der Waals surface area contributed by atoms with Gasteiger partial charge in [0, 0.05) is 18.5 Å². The molecule has 1 heterocycles. The van der Waals surface area contributed by atoms with Crippen LogP contribution in [0.2, 0.25) is 0 Å². The van der Waals surface area contributed by atoms with Gasteiger partial charge in [0.25, 0.3) is 0 Å². The van der Waals surface area contributed by atoms with Gasteiger partial charge in [0.2, 0.25) is 5.91 Å². The summed E-state index contributed by atoms with van der Waals surface area (Å²) < 4.78 is 0. The molecule has 0 bridgehead atoms. The largest absolute Gasteiger partial charge is 0.339 e. The SMILES string of the molecule is CCCCC(CCC)N1CC(C)(C)C(C)C1=O. The highest BCUT2D eigenvalue weighted by Crippen LogP contribution is 2.38. The van der Waals surface area contributed by atoms with Gasteiger partial charge in [-0.05, 0) is 18.3 Å². The topological polar surface area (TPSA) is 20.3 Å². The van der Waals surface area contributed by atoms with Gasteiger partial charge in [0.05, 0.1) is 0 Å². The third-order valence-corrected chi connectivity index (χ3v) is 4.36. The number of carbonyl (C=O) groups excluding carboxylic acids is 1. The summed E-state index contributed by atoms with van der Waals surface area (Å²) in [7, 11) is 0. The highest BCUT2D eigenvalue weighted by Gasteiger charge is 2.44. The number of rotatable bonds is 6. The summed E-state index contributed by atoms with van der Waals surface area (Å²) in [5, 5.41) is 0. The summed E-state index contributed by atoms with van der Waals surface area (Å²) in [5.41, 5.74) is 0.148. The number of amides is 1. The molecule has 0 aromatic rings. The molecule has 0 aliphatic carbocycles. The molecule has 1 aliphatic heterocycles. The van der Waals surface area contributed by atoms with E-state index in [1.54, 1.807) is 0 Å². The molecule has 100 valence electrons. The maximum atomic E-state index is 12.3. The minimum Gasteiger partial charge on any atom is -0.339 e. The van der Waals surface area contributed by atoms with Crippen LogP contribution in [-0.4, -0.2) is 23.4 Å². The van der Waals surface area contributed by atoms with Gasteiger partial charge >= 0.3 is 0 Å². The average Bonchev–Trinajstić information content (AvgIpc) is 2.48. The van der Waals surface area contributed by atoms with Crippen LogP contribution in [0.5, 0.6) is 0 Å². The first-order valence-corrected chi connectivity index (χ1v) is 7.24. The van der Waals surface area contributed by atoms with Crippen molar-refractivity contribution in [2.45, 2.75) is 72.8 Å². The molecule has 0 aromatic carbocycles. The standard InChI is InChI=1S/C15H29NO/c1-6-8-10-13(9-7-2)16-11-15(4,5)12(3)14(16)17/h12-13H,6-11H2,1-5H3. The van der Waals surface area contributed by atoms with E-state index in [0.29, 0.717) is 11.9 Å². The lowest BCUT2D eigenvalue weighted by molar-refractivity contribution is -0.133. The number of carbonyl (C=O) groups is 1. The summed E-state index contributed by atoms with van der Waals surface area (Å²) in [5.74, 6) is 0.563. The van der Waals surface area contributed by atoms with Crippen LogP contribution in [0.1, 0.15) is 66.7 Å². The van der Waals surface area contributed by atoms with Crippen molar-refractivity contribution in [3.63, 3.8) is 0 Å². The maximum absolute atomic E-state index is 12.3. The molecule has 2 atom stereocenters. The predicted octanol–water partition coefficient (Wildman–Crippen LogP) is 3.85. The Bertz CT molecular complexity index is 260. The molecule has 0 spiro atoms. The van der Waals surface area contributed by atoms with Crippen LogP contribution in [0.3, 0.4) is 0 Å². The molecule has 0 aromatic heterocycles. The number of unbranched alkanes of at least 4 members (excludes halogenated alkanes) is 1. The zero-order valence-corrected chi connectivity index (χ0v) is 12.3. The molecule has 2 nitrogen and oxygen atoms in total. The van der Waals surface area contributed by atoms with E-state index in [0.717, 1.165) is 13.0 Å². The third-order valence-electron chi connectivity index (χ3n) is 4.36. The van der Waals surface area contributed by atoms with E-state index in [2.05, 4.69) is 39.5 Å². The zero-order chi connectivity index (χ0) is 13.1. The van der Waals surface area contributed by atoms with Crippen molar-refractivity contribution in [2.75, 3.05) is 6.54 Å². The fourth-order valence-electron chi connectivity index (χ4n) is 2.77. The second-order valence-corrected chi connectivity index (χ2v) is 6.26. The van der Waals surface area contributed by atoms with Crippen LogP contribution >= 0.6 is 0 Å². The van der Waals surface area contributed by atoms with Gasteiger partial charge in [0.1, 0.15) is 0 Å². The van der Waals surface area contributed by atoms with E-state index >= 15 is 0 Å². The van der Waals surface area contributed by atoms with E-state index < -0.39 is 0 Å². The minimum absolute atomic E-state index is 0.148. The maximum Gasteiger partial charge on any atom is 0.226 e. The molecule has 2 unspecified atom stereocenters. The van der Waals surface area contributed by atoms with Crippen molar-refractivity contribution in [2.24, 2.45) is 11.3 Å². The van der Waals surface area contributed by atoms with Crippen LogP contribution in [0.25, 0.3) is 0 Å². The molecule has 0 radical (unpaired) electrons. The highest BCUT2D eigenvalue weighted by atomic mass is 16.2. The summed E-state index contributed by atoms with van der Waals surface area (Å²) in [6.45, 7) is 11.9. The molecule has 2 heteroatoms. The van der Waals surface area contributed by atoms with Gasteiger partial charge in [-0.15, -0.1) is 0 Å². The lowest BCUT2D eigenvalue weighted by Crippen LogP contribution is -2.37. The van der Waals surface area contributed by atoms with Gasteiger partial charge in [-0.25, -0.2) is 0 Å². The average molecular weight is 239 g/mol. The lowest BCUT2D eigenvalue weighted by Gasteiger charge is -2.29. The van der Waals surface area contributed by atoms with E-state index in [1.807, 2.05) is 0 Å². The molecular formula is C15H29NO. The molecule has 17 heavy (non-hydrogen) atoms. The van der Waals surface area contributed by atoms with Crippen LogP contribution in [0.15, 0.2) is 0 Å². The number of nitrogens with zero attached hydrogens (tertiary/aromatic N) is 1. The van der Waals surface area contributed by atoms with E-state index in [-0.39, 0.29) is 11.3 Å². The third kappa shape index (κ3) is 3.23. The second kappa shape index (κ2) is 5.88. The summed E-state index contributed by atoms with van der Waals surface area (Å²) in [6, 6.07) is 0.483. The number of hydrogen-bond acceptors (Lipinski definition) is 1. The summed E-state index contributed by atoms with van der Waals surface area (Å²) in [6.07, 6.45) is 5.98. The van der Waals surface area contributed by atoms with Crippen molar-refractivity contribution >= 4 is 5.91 Å². The van der Waals surface area contributed by atoms with Crippen LogP contribution < -0.4 is 0 Å². The van der Waals surface area contributed by atoms with Crippen molar-refractivity contribution in [1.82, 2.24) is 4.90 Å². The first-order chi connectivity index (χ1) is 7.94. The Morgan fingerprint density at radius 1 is 1.29 bits per heavy atom. The van der Waals surface area contributed by atoms with E-state index in [1.165, 1.54) is 25.7 Å². The van der Waals surface area contributed by atoms with E-state index in [4.69, 9.17) is 0 Å². The van der Waals surface area contributed by atoms with Crippen LogP contribution in [-0.2, 0) is 4.79 Å². The van der Waals surface area contributed by atoms with Crippen molar-refractivity contribution in [1.29, 1.82) is 0 Å². The van der Waals surface area contributed by atoms with Crippen molar-refractivity contribution in [3.05, 3.63) is 0 Å². The number of hydrogen-bond donors (Lipinski definition) is 0. The van der Waals surface area contributed by atoms with Gasteiger partial charge in [-0.3, -0.25) is 4.79 Å². The fourth-order valence-corrected chi connectivity index (χ4v) is 2.77. The van der Waals surface area contributed by atoms with Gasteiger partial charge < -0.3 is 4.90 Å². The first-order valence-electron chi connectivity index (χ1n) is 7.24. The Morgan fingerprint density at radius 2 is 1.94 bits per heavy atom. The molecule has 0 saturated carbocycles. The molecule has 1 amide bonds. The fraction of sp³-hybridized carbons (Fsp3) is 0.933. The minimum atomic E-state index is 0.148. The first kappa shape index (κ1) is 14.5. The molecule has 1 fully saturated rings. The monoisotopic (exact) mass is 239 g/mol. The number of likely N-dealkylation sites (tertiary alicyclic amines) is 1. The molecular weight excluding hydrogens is 210 g/mol. The lowest BCUT2D eigenvalue weighted by atomic mass is 9.83. The van der Waals surface area contributed by atoms with Gasteiger partial charge in [0.15, 0.2) is 0 Å². The molecule has 1 aliphatic rings.